The zero-order valence-corrected chi connectivity index (χ0v) is 25.2. The topological polar surface area (TPSA) is 207 Å². The zero-order valence-electron chi connectivity index (χ0n) is 24.2. The average molecular weight is 611 g/mol. The highest BCUT2D eigenvalue weighted by molar-refractivity contribution is 6.76. The molecule has 1 saturated carbocycles. The van der Waals surface area contributed by atoms with E-state index in [1.54, 1.807) is 23.0 Å². The minimum atomic E-state index is -2.90. The van der Waals surface area contributed by atoms with Crippen molar-refractivity contribution in [3.8, 4) is 17.1 Å². The molecular weight excluding hydrogens is 576 g/mol. The number of nitrogens with zero attached hydrogens (tertiary/aromatic N) is 3. The first kappa shape index (κ1) is 30.2. The Morgan fingerprint density at radius 1 is 1.19 bits per heavy atom. The van der Waals surface area contributed by atoms with Gasteiger partial charge in [-0.15, -0.1) is 0 Å². The molecule has 1 fully saturated rings. The Morgan fingerprint density at radius 3 is 2.56 bits per heavy atom. The largest absolute Gasteiger partial charge is 0.507 e. The highest BCUT2D eigenvalue weighted by atomic mass is 28.3. The Labute approximate surface area is 247 Å². The van der Waals surface area contributed by atoms with E-state index in [1.807, 2.05) is 0 Å². The number of hydrogen-bond donors (Lipinski definition) is 5. The van der Waals surface area contributed by atoms with Gasteiger partial charge in [0, 0.05) is 38.2 Å². The number of aromatic nitrogens is 2. The maximum atomic E-state index is 13.9. The Hall–Kier alpha value is -4.27. The van der Waals surface area contributed by atoms with Crippen LogP contribution in [0.15, 0.2) is 46.6 Å². The van der Waals surface area contributed by atoms with Gasteiger partial charge in [0.1, 0.15) is 42.5 Å². The molecule has 1 heterocycles. The number of carbonyl (C=O) groups excluding carboxylic acids is 3. The van der Waals surface area contributed by atoms with E-state index in [0.717, 1.165) is 13.2 Å². The van der Waals surface area contributed by atoms with Gasteiger partial charge < -0.3 is 40.3 Å². The van der Waals surface area contributed by atoms with Crippen LogP contribution >= 0.6 is 0 Å². The van der Waals surface area contributed by atoms with E-state index in [-0.39, 0.29) is 36.5 Å². The number of aromatic hydroxyl groups is 1. The first-order valence-corrected chi connectivity index (χ1v) is 17.5. The molecule has 1 aromatic carbocycles. The third-order valence-electron chi connectivity index (χ3n) is 8.26. The highest BCUT2D eigenvalue weighted by Gasteiger charge is 2.64. The number of hydrogen-bond acceptors (Lipinski definition) is 11. The summed E-state index contributed by atoms with van der Waals surface area (Å²) < 4.78 is 7.72. The van der Waals surface area contributed by atoms with E-state index < -0.39 is 65.8 Å². The lowest BCUT2D eigenvalue weighted by atomic mass is 9.58. The second-order valence-electron chi connectivity index (χ2n) is 12.2. The van der Waals surface area contributed by atoms with Crippen molar-refractivity contribution in [1.29, 1.82) is 0 Å². The fourth-order valence-corrected chi connectivity index (χ4v) is 6.86. The summed E-state index contributed by atoms with van der Waals surface area (Å²) in [4.78, 5) is 48.6. The van der Waals surface area contributed by atoms with Gasteiger partial charge >= 0.3 is 0 Å². The first-order chi connectivity index (χ1) is 20.2. The van der Waals surface area contributed by atoms with Crippen LogP contribution in [0, 0.1) is 11.8 Å². The molecule has 228 valence electrons. The maximum Gasteiger partial charge on any atom is 0.256 e. The summed E-state index contributed by atoms with van der Waals surface area (Å²) >= 11 is 0. The van der Waals surface area contributed by atoms with Crippen molar-refractivity contribution in [1.82, 2.24) is 9.55 Å². The van der Waals surface area contributed by atoms with E-state index in [4.69, 9.17) is 15.3 Å². The number of aliphatic hydroxyl groups is 3. The molecule has 0 aliphatic heterocycles. The van der Waals surface area contributed by atoms with Crippen LogP contribution in [-0.4, -0.2) is 80.6 Å². The van der Waals surface area contributed by atoms with Gasteiger partial charge in [-0.05, 0) is 42.5 Å². The molecule has 3 aliphatic rings. The van der Waals surface area contributed by atoms with Crippen LogP contribution in [0.1, 0.15) is 17.5 Å². The van der Waals surface area contributed by atoms with Crippen LogP contribution in [0.5, 0.6) is 5.75 Å². The number of oxime groups is 1. The number of aliphatic hydroxyl groups excluding tert-OH is 2. The molecule has 3 atom stereocenters. The summed E-state index contributed by atoms with van der Waals surface area (Å²) in [7, 11) is -0.136. The van der Waals surface area contributed by atoms with Crippen LogP contribution < -0.4 is 5.73 Å². The fourth-order valence-electron chi connectivity index (χ4n) is 6.11. The van der Waals surface area contributed by atoms with Crippen molar-refractivity contribution in [2.75, 3.05) is 13.7 Å². The maximum absolute atomic E-state index is 13.9. The number of imidazole rings is 1. The number of primary amides is 1. The number of phenols is 1. The Balaban J connectivity index is 1.59. The van der Waals surface area contributed by atoms with Crippen molar-refractivity contribution in [2.24, 2.45) is 22.7 Å². The normalized spacial score (nSPS) is 24.6. The summed E-state index contributed by atoms with van der Waals surface area (Å²) in [6.07, 6.45) is 3.32. The first-order valence-electron chi connectivity index (χ1n) is 13.8. The number of nitrogens with two attached hydrogens (primary N) is 1. The molecule has 43 heavy (non-hydrogen) atoms. The van der Waals surface area contributed by atoms with Crippen LogP contribution in [0.25, 0.3) is 17.1 Å². The van der Waals surface area contributed by atoms with Gasteiger partial charge in [0.15, 0.2) is 11.4 Å². The number of fused-ring (bicyclic) bond motifs is 3. The quantitative estimate of drug-likeness (QED) is 0.0968. The molecule has 0 radical (unpaired) electrons. The van der Waals surface area contributed by atoms with Crippen molar-refractivity contribution in [2.45, 2.75) is 50.9 Å². The van der Waals surface area contributed by atoms with Crippen molar-refractivity contribution >= 4 is 37.0 Å². The predicted octanol–water partition coefficient (Wildman–Crippen LogP) is 2.21. The minimum Gasteiger partial charge on any atom is -0.507 e. The van der Waals surface area contributed by atoms with Gasteiger partial charge in [-0.3, -0.25) is 14.4 Å². The summed E-state index contributed by atoms with van der Waals surface area (Å²) in [5.74, 6) is -7.45. The van der Waals surface area contributed by atoms with Crippen LogP contribution in [-0.2, 0) is 37.1 Å². The van der Waals surface area contributed by atoms with E-state index >= 15 is 0 Å². The molecule has 0 unspecified atom stereocenters. The molecule has 0 spiro atoms. The molecule has 0 saturated heterocycles. The average Bonchev–Trinajstić information content (AvgIpc) is 3.38. The molecule has 13 nitrogen and oxygen atoms in total. The van der Waals surface area contributed by atoms with Gasteiger partial charge in [-0.1, -0.05) is 24.8 Å². The second kappa shape index (κ2) is 10.8. The van der Waals surface area contributed by atoms with Gasteiger partial charge in [0.05, 0.1) is 11.5 Å². The lowest BCUT2D eigenvalue weighted by molar-refractivity contribution is -0.153. The van der Waals surface area contributed by atoms with E-state index in [1.165, 1.54) is 6.07 Å². The smallest absolute Gasteiger partial charge is 0.256 e. The standard InChI is InChI=1S/C29H34N4O9Si/c1-41-32-22-17-12-14-11-16-15(28-31-7-8-33(28)13-42-9-10-43(2,3)4)5-6-18(34)20(16)23(35)19(14)25(37)29(17,40)26(38)21(24(22)36)27(30)39/h5-8,14,17,34-36,40H,9-13H2,1-4H3,(H2,30,39)/b32-22-/t14-,17-,29-/m0/s1. The number of ether oxygens (including phenoxy) is 1. The van der Waals surface area contributed by atoms with E-state index in [0.29, 0.717) is 23.6 Å². The number of ketones is 2. The van der Waals surface area contributed by atoms with Crippen LogP contribution in [0.3, 0.4) is 0 Å². The molecule has 3 aliphatic carbocycles. The molecule has 5 rings (SSSR count). The number of Topliss-reactive ketones (excluding diaryl/α,β-unsaturated/α-hetero) is 2. The van der Waals surface area contributed by atoms with Gasteiger partial charge in [-0.25, -0.2) is 4.98 Å². The van der Waals surface area contributed by atoms with Gasteiger partial charge in [0.25, 0.3) is 5.91 Å². The fraction of sp³-hybridized carbons (Fsp3) is 0.414. The third-order valence-corrected chi connectivity index (χ3v) is 9.96. The van der Waals surface area contributed by atoms with Gasteiger partial charge in [-0.2, -0.15) is 0 Å². The van der Waals surface area contributed by atoms with Crippen LogP contribution in [0.2, 0.25) is 25.7 Å². The summed E-state index contributed by atoms with van der Waals surface area (Å²) in [5.41, 5.74) is 1.76. The lowest BCUT2D eigenvalue weighted by Gasteiger charge is -2.45. The number of rotatable bonds is 8. The van der Waals surface area contributed by atoms with Crippen LogP contribution in [0.4, 0.5) is 0 Å². The zero-order chi connectivity index (χ0) is 31.4. The molecule has 14 heteroatoms. The minimum absolute atomic E-state index is 0.0316. The van der Waals surface area contributed by atoms with Crippen molar-refractivity contribution < 1.29 is 44.4 Å². The summed E-state index contributed by atoms with van der Waals surface area (Å²) in [6, 6.07) is 4.01. The Bertz CT molecular complexity index is 1630. The van der Waals surface area contributed by atoms with Crippen molar-refractivity contribution in [3.63, 3.8) is 0 Å². The number of amides is 1. The Kier molecular flexibility index (Phi) is 7.57. The number of phenolic OH excluding ortho intramolecular Hbond substituents is 1. The molecule has 1 aromatic heterocycles. The number of carbonyl (C=O) groups is 3. The van der Waals surface area contributed by atoms with Gasteiger partial charge in [0.2, 0.25) is 11.6 Å². The lowest BCUT2D eigenvalue weighted by Crippen LogP contribution is -2.64. The number of allylic oxidation sites excluding steroid dienone is 1. The Morgan fingerprint density at radius 2 is 1.91 bits per heavy atom. The SMILES string of the molecule is CO/N=C1\C(O)=C(C(N)=O)C(=O)[C@@]2(O)C(=O)C3=C(O)c4c(O)ccc(-c5nccn5COCC[Si](C)(C)C)c4C[C@H]3C[C@@H]12. The monoisotopic (exact) mass is 610 g/mol. The second-order valence-corrected chi connectivity index (χ2v) is 17.8. The predicted molar refractivity (Wildman–Crippen MR) is 157 cm³/mol. The summed E-state index contributed by atoms with van der Waals surface area (Å²) in [5, 5.41) is 48.3. The molecule has 2 aromatic rings. The molecule has 0 bridgehead atoms. The summed E-state index contributed by atoms with van der Waals surface area (Å²) in [6.45, 7) is 7.59. The third kappa shape index (κ3) is 4.84. The van der Waals surface area contributed by atoms with E-state index in [9.17, 15) is 34.8 Å². The molecular formula is C29H34N4O9Si. The number of benzene rings is 1. The van der Waals surface area contributed by atoms with Crippen molar-refractivity contribution in [3.05, 3.63) is 52.6 Å². The molecule has 6 N–H and O–H groups in total. The highest BCUT2D eigenvalue weighted by Crippen LogP contribution is 2.51. The van der Waals surface area contributed by atoms with E-state index in [2.05, 4.69) is 29.8 Å². The molecule has 1 amide bonds.